The fraction of sp³-hybridized carbons (Fsp3) is 0.577. The lowest BCUT2D eigenvalue weighted by Crippen LogP contribution is -2.32. The van der Waals surface area contributed by atoms with E-state index < -0.39 is 16.1 Å². The van der Waals surface area contributed by atoms with Crippen LogP contribution in [0.15, 0.2) is 28.5 Å². The van der Waals surface area contributed by atoms with Gasteiger partial charge in [-0.15, -0.1) is 11.3 Å². The standard InChI is InChI=1S/C25H37NO5S2.CH4O/c1-8-25(9-2,22-15-18(4)23(32-22)33(29,30)26-12-13-27)19-10-11-20(17(3)14-19)31-16-21(28)24(5,6)7;1-2/h10-11,13-15,21,26,28H,8-9,12,16H2,1-7H3;2H,1H3. The van der Waals surface area contributed by atoms with Crippen molar-refractivity contribution in [3.8, 4) is 5.75 Å². The van der Waals surface area contributed by atoms with Gasteiger partial charge in [0.2, 0.25) is 0 Å². The van der Waals surface area contributed by atoms with Crippen molar-refractivity contribution in [3.05, 3.63) is 45.8 Å². The third-order valence-electron chi connectivity index (χ3n) is 6.28. The molecule has 0 saturated heterocycles. The van der Waals surface area contributed by atoms with Crippen molar-refractivity contribution in [3.63, 3.8) is 0 Å². The van der Waals surface area contributed by atoms with Gasteiger partial charge in [-0.2, -0.15) is 0 Å². The summed E-state index contributed by atoms with van der Waals surface area (Å²) in [7, 11) is -2.74. The monoisotopic (exact) mass is 527 g/mol. The first kappa shape index (κ1) is 31.3. The number of thiophene rings is 1. The van der Waals surface area contributed by atoms with E-state index in [1.165, 1.54) is 11.3 Å². The Labute approximate surface area is 214 Å². The minimum Gasteiger partial charge on any atom is -0.491 e. The fourth-order valence-electron chi connectivity index (χ4n) is 3.85. The summed E-state index contributed by atoms with van der Waals surface area (Å²) in [5.41, 5.74) is 2.13. The number of nitrogens with one attached hydrogen (secondary N) is 1. The first-order valence-corrected chi connectivity index (χ1v) is 14.0. The van der Waals surface area contributed by atoms with E-state index >= 15 is 0 Å². The number of rotatable bonds is 11. The molecule has 0 aliphatic rings. The Morgan fingerprint density at radius 3 is 2.17 bits per heavy atom. The van der Waals surface area contributed by atoms with Crippen LogP contribution in [0.1, 0.15) is 69.0 Å². The van der Waals surface area contributed by atoms with Gasteiger partial charge in [-0.1, -0.05) is 46.8 Å². The number of hydrogen-bond donors (Lipinski definition) is 3. The smallest absolute Gasteiger partial charge is 0.250 e. The molecule has 1 aromatic carbocycles. The summed E-state index contributed by atoms with van der Waals surface area (Å²) in [5, 5.41) is 17.3. The van der Waals surface area contributed by atoms with Crippen LogP contribution in [-0.2, 0) is 20.2 Å². The zero-order valence-electron chi connectivity index (χ0n) is 22.1. The highest BCUT2D eigenvalue weighted by atomic mass is 32.2. The van der Waals surface area contributed by atoms with Crippen LogP contribution in [0.2, 0.25) is 0 Å². The Bertz CT molecular complexity index is 1070. The Balaban J connectivity index is 0.00000298. The van der Waals surface area contributed by atoms with Gasteiger partial charge >= 0.3 is 0 Å². The fourth-order valence-corrected chi connectivity index (χ4v) is 6.90. The van der Waals surface area contributed by atoms with E-state index in [1.54, 1.807) is 6.92 Å². The van der Waals surface area contributed by atoms with Crippen LogP contribution in [0.25, 0.3) is 0 Å². The Morgan fingerprint density at radius 1 is 1.09 bits per heavy atom. The molecule has 35 heavy (non-hydrogen) atoms. The van der Waals surface area contributed by atoms with Crippen molar-refractivity contribution in [2.75, 3.05) is 20.3 Å². The number of hydrogen-bond acceptors (Lipinski definition) is 7. The first-order valence-electron chi connectivity index (χ1n) is 11.7. The van der Waals surface area contributed by atoms with Crippen LogP contribution < -0.4 is 9.46 Å². The van der Waals surface area contributed by atoms with Gasteiger partial charge in [0.05, 0.1) is 12.6 Å². The number of carbonyl (C=O) groups is 1. The second kappa shape index (κ2) is 13.0. The molecule has 0 saturated carbocycles. The minimum atomic E-state index is -3.74. The maximum atomic E-state index is 12.7. The molecule has 0 bridgehead atoms. The van der Waals surface area contributed by atoms with Crippen LogP contribution in [0.3, 0.4) is 0 Å². The Kier molecular flexibility index (Phi) is 11.6. The summed E-state index contributed by atoms with van der Waals surface area (Å²) in [6.07, 6.45) is 1.56. The molecule has 0 amide bonds. The topological polar surface area (TPSA) is 113 Å². The number of aliphatic hydroxyl groups is 2. The number of benzene rings is 1. The second-order valence-corrected chi connectivity index (χ2v) is 12.6. The van der Waals surface area contributed by atoms with Gasteiger partial charge in [0, 0.05) is 17.4 Å². The molecule has 2 aromatic rings. The highest BCUT2D eigenvalue weighted by Gasteiger charge is 2.35. The van der Waals surface area contributed by atoms with E-state index in [2.05, 4.69) is 24.6 Å². The van der Waals surface area contributed by atoms with E-state index in [0.29, 0.717) is 11.8 Å². The van der Waals surface area contributed by atoms with Crippen LogP contribution in [0, 0.1) is 19.3 Å². The Hall–Kier alpha value is -1.78. The average molecular weight is 528 g/mol. The van der Waals surface area contributed by atoms with Crippen molar-refractivity contribution in [1.82, 2.24) is 4.72 Å². The van der Waals surface area contributed by atoms with Gasteiger partial charge < -0.3 is 19.7 Å². The molecule has 1 heterocycles. The van der Waals surface area contributed by atoms with Crippen molar-refractivity contribution in [1.29, 1.82) is 0 Å². The van der Waals surface area contributed by atoms with Gasteiger partial charge in [-0.25, -0.2) is 13.1 Å². The molecule has 2 rings (SSSR count). The van der Waals surface area contributed by atoms with E-state index in [0.717, 1.165) is 41.7 Å². The summed E-state index contributed by atoms with van der Waals surface area (Å²) in [6, 6.07) is 8.02. The molecule has 198 valence electrons. The SMILES string of the molecule is CCC(CC)(c1ccc(OCC(O)C(C)(C)C)c(C)c1)c1cc(C)c(S(=O)(=O)NCC=O)s1.CO. The molecule has 0 spiro atoms. The second-order valence-electron chi connectivity index (χ2n) is 9.56. The van der Waals surface area contributed by atoms with Gasteiger partial charge in [0.1, 0.15) is 22.9 Å². The van der Waals surface area contributed by atoms with Gasteiger partial charge in [0.15, 0.2) is 0 Å². The molecule has 0 radical (unpaired) electrons. The van der Waals surface area contributed by atoms with Gasteiger partial charge in [0.25, 0.3) is 10.0 Å². The predicted octanol–water partition coefficient (Wildman–Crippen LogP) is 4.34. The molecular weight excluding hydrogens is 486 g/mol. The maximum Gasteiger partial charge on any atom is 0.250 e. The van der Waals surface area contributed by atoms with Crippen molar-refractivity contribution >= 4 is 27.6 Å². The largest absolute Gasteiger partial charge is 0.491 e. The number of carbonyl (C=O) groups excluding carboxylic acids is 1. The van der Waals surface area contributed by atoms with Crippen molar-refractivity contribution in [2.24, 2.45) is 5.41 Å². The summed E-state index contributed by atoms with van der Waals surface area (Å²) in [5.74, 6) is 0.729. The quantitative estimate of drug-likeness (QED) is 0.375. The average Bonchev–Trinajstić information content (AvgIpc) is 3.21. The van der Waals surface area contributed by atoms with Crippen LogP contribution in [0.5, 0.6) is 5.75 Å². The molecule has 0 fully saturated rings. The molecule has 1 unspecified atom stereocenters. The predicted molar refractivity (Wildman–Crippen MR) is 142 cm³/mol. The number of aryl methyl sites for hydroxylation is 2. The van der Waals surface area contributed by atoms with Crippen LogP contribution in [0.4, 0.5) is 0 Å². The molecule has 0 aliphatic heterocycles. The molecule has 1 atom stereocenters. The molecular formula is C26H41NO6S2. The van der Waals surface area contributed by atoms with E-state index in [9.17, 15) is 18.3 Å². The van der Waals surface area contributed by atoms with Crippen molar-refractivity contribution < 1.29 is 28.2 Å². The van der Waals surface area contributed by atoms with E-state index in [1.807, 2.05) is 45.9 Å². The number of sulfonamides is 1. The van der Waals surface area contributed by atoms with Crippen molar-refractivity contribution in [2.45, 2.75) is 77.0 Å². The summed E-state index contributed by atoms with van der Waals surface area (Å²) in [6.45, 7) is 13.9. The number of ether oxygens (including phenoxy) is 1. The third-order valence-corrected chi connectivity index (χ3v) is 9.78. The lowest BCUT2D eigenvalue weighted by atomic mass is 9.74. The minimum absolute atomic E-state index is 0.218. The van der Waals surface area contributed by atoms with Gasteiger partial charge in [-0.05, 0) is 60.9 Å². The maximum absolute atomic E-state index is 12.7. The molecule has 9 heteroatoms. The Morgan fingerprint density at radius 2 is 1.69 bits per heavy atom. The zero-order chi connectivity index (χ0) is 27.0. The summed E-state index contributed by atoms with van der Waals surface area (Å²) in [4.78, 5) is 11.6. The molecule has 1 aromatic heterocycles. The third kappa shape index (κ3) is 7.36. The lowest BCUT2D eigenvalue weighted by molar-refractivity contribution is -0.106. The zero-order valence-corrected chi connectivity index (χ0v) is 23.8. The van der Waals surface area contributed by atoms with Crippen LogP contribution >= 0.6 is 11.3 Å². The molecule has 0 aliphatic carbocycles. The number of aldehydes is 1. The number of aliphatic hydroxyl groups excluding tert-OH is 2. The highest BCUT2D eigenvalue weighted by Crippen LogP contribution is 2.45. The summed E-state index contributed by atoms with van der Waals surface area (Å²) < 4.78 is 33.8. The molecule has 3 N–H and O–H groups in total. The van der Waals surface area contributed by atoms with E-state index in [4.69, 9.17) is 9.84 Å². The van der Waals surface area contributed by atoms with Crippen LogP contribution in [-0.4, -0.2) is 51.3 Å². The lowest BCUT2D eigenvalue weighted by Gasteiger charge is -2.32. The molecule has 7 nitrogen and oxygen atoms in total. The van der Waals surface area contributed by atoms with Gasteiger partial charge in [-0.3, -0.25) is 0 Å². The summed E-state index contributed by atoms with van der Waals surface area (Å²) >= 11 is 1.26. The first-order chi connectivity index (χ1) is 16.3. The highest BCUT2D eigenvalue weighted by molar-refractivity contribution is 7.91. The normalized spacial score (nSPS) is 13.1. The van der Waals surface area contributed by atoms with E-state index in [-0.39, 0.29) is 28.2 Å².